The average molecular weight is 311 g/mol. The van der Waals surface area contributed by atoms with Gasteiger partial charge >= 0.3 is 0 Å². The fraction of sp³-hybridized carbons (Fsp3) is 0.562. The highest BCUT2D eigenvalue weighted by Crippen LogP contribution is 2.64. The number of hydrogen-bond acceptors (Lipinski definition) is 2. The lowest BCUT2D eigenvalue weighted by molar-refractivity contribution is -0.106. The molecule has 0 radical (unpaired) electrons. The van der Waals surface area contributed by atoms with Gasteiger partial charge in [-0.3, -0.25) is 0 Å². The SMILES string of the molecule is Cc1ccc([S@+]([O-])N=CC2CCC(F)(F)C3(CC3)C2)cc1. The van der Waals surface area contributed by atoms with Crippen molar-refractivity contribution in [3.05, 3.63) is 29.8 Å². The maximum Gasteiger partial charge on any atom is 0.253 e. The van der Waals surface area contributed by atoms with Crippen molar-refractivity contribution in [2.24, 2.45) is 15.7 Å². The summed E-state index contributed by atoms with van der Waals surface area (Å²) in [6, 6.07) is 7.37. The van der Waals surface area contributed by atoms with E-state index in [0.717, 1.165) is 5.56 Å². The van der Waals surface area contributed by atoms with E-state index in [2.05, 4.69) is 4.40 Å². The number of halogens is 2. The topological polar surface area (TPSA) is 35.4 Å². The van der Waals surface area contributed by atoms with E-state index in [0.29, 0.717) is 30.6 Å². The van der Waals surface area contributed by atoms with Gasteiger partial charge in [-0.2, -0.15) is 0 Å². The van der Waals surface area contributed by atoms with E-state index >= 15 is 0 Å². The number of nitrogens with zero attached hydrogens (tertiary/aromatic N) is 1. The molecule has 0 N–H and O–H groups in total. The van der Waals surface area contributed by atoms with Crippen LogP contribution in [0.15, 0.2) is 33.6 Å². The van der Waals surface area contributed by atoms with Crippen LogP contribution < -0.4 is 0 Å². The minimum absolute atomic E-state index is 0.0292. The van der Waals surface area contributed by atoms with Crippen molar-refractivity contribution in [3.8, 4) is 0 Å². The average Bonchev–Trinajstić information content (AvgIpc) is 3.22. The first-order valence-corrected chi connectivity index (χ1v) is 8.43. The summed E-state index contributed by atoms with van der Waals surface area (Å²) in [5, 5.41) is 0. The Kier molecular flexibility index (Phi) is 3.82. The predicted molar refractivity (Wildman–Crippen MR) is 80.0 cm³/mol. The highest BCUT2D eigenvalue weighted by atomic mass is 32.2. The number of benzene rings is 1. The molecule has 3 rings (SSSR count). The molecule has 21 heavy (non-hydrogen) atoms. The zero-order valence-corrected chi connectivity index (χ0v) is 12.8. The molecule has 0 saturated heterocycles. The number of aryl methyl sites for hydroxylation is 1. The molecule has 2 nitrogen and oxygen atoms in total. The first-order chi connectivity index (χ1) is 9.92. The van der Waals surface area contributed by atoms with E-state index in [1.54, 1.807) is 18.3 Å². The smallest absolute Gasteiger partial charge is 0.253 e. The van der Waals surface area contributed by atoms with Crippen LogP contribution in [0.1, 0.15) is 37.7 Å². The Bertz CT molecular complexity index is 540. The highest BCUT2D eigenvalue weighted by Gasteiger charge is 2.63. The molecule has 2 atom stereocenters. The van der Waals surface area contributed by atoms with Crippen LogP contribution in [-0.2, 0) is 11.4 Å². The summed E-state index contributed by atoms with van der Waals surface area (Å²) < 4.78 is 43.8. The van der Waals surface area contributed by atoms with Gasteiger partial charge in [0.05, 0.1) is 6.21 Å². The Morgan fingerprint density at radius 3 is 2.52 bits per heavy atom. The van der Waals surface area contributed by atoms with E-state index in [-0.39, 0.29) is 12.3 Å². The maximum atomic E-state index is 13.8. The second kappa shape index (κ2) is 5.36. The number of rotatable bonds is 3. The largest absolute Gasteiger partial charge is 0.586 e. The summed E-state index contributed by atoms with van der Waals surface area (Å²) >= 11 is -1.44. The van der Waals surface area contributed by atoms with Crippen LogP contribution in [0.25, 0.3) is 0 Å². The van der Waals surface area contributed by atoms with Gasteiger partial charge in [0.15, 0.2) is 4.90 Å². The zero-order chi connectivity index (χ0) is 15.1. The van der Waals surface area contributed by atoms with Crippen molar-refractivity contribution in [2.45, 2.75) is 49.8 Å². The quantitative estimate of drug-likeness (QED) is 0.605. The molecular formula is C16H19F2NOS. The van der Waals surface area contributed by atoms with Gasteiger partial charge in [0.25, 0.3) is 5.92 Å². The summed E-state index contributed by atoms with van der Waals surface area (Å²) in [6.45, 7) is 1.97. The van der Waals surface area contributed by atoms with Crippen molar-refractivity contribution < 1.29 is 13.3 Å². The molecule has 0 aromatic heterocycles. The van der Waals surface area contributed by atoms with Crippen LogP contribution in [0.3, 0.4) is 0 Å². The van der Waals surface area contributed by atoms with E-state index < -0.39 is 22.7 Å². The van der Waals surface area contributed by atoms with Gasteiger partial charge in [-0.1, -0.05) is 22.1 Å². The van der Waals surface area contributed by atoms with E-state index in [1.165, 1.54) is 0 Å². The maximum absolute atomic E-state index is 13.8. The summed E-state index contributed by atoms with van der Waals surface area (Å²) in [6.07, 6.45) is 3.72. The van der Waals surface area contributed by atoms with Crippen LogP contribution in [0.2, 0.25) is 0 Å². The van der Waals surface area contributed by atoms with Crippen LogP contribution in [0.4, 0.5) is 8.78 Å². The molecule has 0 heterocycles. The molecule has 1 unspecified atom stereocenters. The van der Waals surface area contributed by atoms with Crippen molar-refractivity contribution in [1.29, 1.82) is 0 Å². The number of alkyl halides is 2. The van der Waals surface area contributed by atoms with Gasteiger partial charge in [0.1, 0.15) is 11.4 Å². The Balaban J connectivity index is 1.63. The second-order valence-corrected chi connectivity index (χ2v) is 7.48. The molecule has 1 spiro atoms. The lowest BCUT2D eigenvalue weighted by Gasteiger charge is -2.34. The predicted octanol–water partition coefficient (Wildman–Crippen LogP) is 4.30. The minimum Gasteiger partial charge on any atom is -0.586 e. The van der Waals surface area contributed by atoms with Crippen LogP contribution in [0.5, 0.6) is 0 Å². The third kappa shape index (κ3) is 2.99. The monoisotopic (exact) mass is 311 g/mol. The summed E-state index contributed by atoms with van der Waals surface area (Å²) in [5.41, 5.74) is 0.317. The van der Waals surface area contributed by atoms with Crippen molar-refractivity contribution >= 4 is 17.6 Å². The molecule has 2 fully saturated rings. The third-order valence-corrected chi connectivity index (χ3v) is 5.69. The fourth-order valence-corrected chi connectivity index (χ4v) is 3.86. The first-order valence-electron chi connectivity index (χ1n) is 7.32. The molecule has 114 valence electrons. The van der Waals surface area contributed by atoms with E-state index in [4.69, 9.17) is 0 Å². The van der Waals surface area contributed by atoms with Crippen molar-refractivity contribution in [2.75, 3.05) is 0 Å². The zero-order valence-electron chi connectivity index (χ0n) is 12.0. The Hall–Kier alpha value is -0.940. The van der Waals surface area contributed by atoms with Crippen LogP contribution in [0, 0.1) is 18.3 Å². The summed E-state index contributed by atoms with van der Waals surface area (Å²) in [4.78, 5) is 0.652. The van der Waals surface area contributed by atoms with Gasteiger partial charge in [-0.15, -0.1) is 0 Å². The molecule has 1 aromatic carbocycles. The standard InChI is InChI=1S/C16H19F2NOS/c1-12-2-4-14(5-3-12)21(20)19-11-13-6-7-16(17,18)15(10-13)8-9-15/h2-5,11,13H,6-10H2,1H3/t13?,21-/m0/s1. The highest BCUT2D eigenvalue weighted by molar-refractivity contribution is 7.90. The van der Waals surface area contributed by atoms with E-state index in [9.17, 15) is 13.3 Å². The molecule has 2 aliphatic carbocycles. The normalized spacial score (nSPS) is 27.9. The molecule has 2 aliphatic rings. The van der Waals surface area contributed by atoms with Crippen molar-refractivity contribution in [1.82, 2.24) is 0 Å². The first kappa shape index (κ1) is 15.0. The van der Waals surface area contributed by atoms with Gasteiger partial charge in [0.2, 0.25) is 0 Å². The van der Waals surface area contributed by atoms with Gasteiger partial charge in [0, 0.05) is 11.8 Å². The molecule has 1 aromatic rings. The van der Waals surface area contributed by atoms with Gasteiger partial charge in [-0.25, -0.2) is 8.78 Å². The van der Waals surface area contributed by atoms with Gasteiger partial charge in [-0.05, 0) is 50.7 Å². The minimum atomic E-state index is -2.52. The summed E-state index contributed by atoms with van der Waals surface area (Å²) in [7, 11) is 0. The van der Waals surface area contributed by atoms with Gasteiger partial charge < -0.3 is 4.55 Å². The summed E-state index contributed by atoms with van der Waals surface area (Å²) in [5.74, 6) is -2.49. The Labute approximate surface area is 127 Å². The van der Waals surface area contributed by atoms with E-state index in [1.807, 2.05) is 19.1 Å². The lowest BCUT2D eigenvalue weighted by Crippen LogP contribution is -2.37. The Morgan fingerprint density at radius 2 is 1.90 bits per heavy atom. The molecule has 0 bridgehead atoms. The molecule has 0 aliphatic heterocycles. The third-order valence-electron chi connectivity index (χ3n) is 4.70. The van der Waals surface area contributed by atoms with Crippen molar-refractivity contribution in [3.63, 3.8) is 0 Å². The molecule has 2 saturated carbocycles. The Morgan fingerprint density at radius 1 is 1.24 bits per heavy atom. The molecule has 0 amide bonds. The van der Waals surface area contributed by atoms with Crippen LogP contribution in [-0.4, -0.2) is 16.7 Å². The van der Waals surface area contributed by atoms with Crippen LogP contribution >= 0.6 is 0 Å². The molecule has 5 heteroatoms. The molecular weight excluding hydrogens is 292 g/mol. The lowest BCUT2D eigenvalue weighted by atomic mass is 9.76. The second-order valence-electron chi connectivity index (χ2n) is 6.30. The number of hydrogen-bond donors (Lipinski definition) is 0. The fourth-order valence-electron chi connectivity index (χ4n) is 3.09.